The van der Waals surface area contributed by atoms with Gasteiger partial charge in [0.25, 0.3) is 0 Å². The predicted molar refractivity (Wildman–Crippen MR) is 80.6 cm³/mol. The Labute approximate surface area is 128 Å². The molecule has 0 amide bonds. The van der Waals surface area contributed by atoms with Gasteiger partial charge < -0.3 is 14.2 Å². The van der Waals surface area contributed by atoms with Gasteiger partial charge in [-0.25, -0.2) is 4.79 Å². The molecule has 22 heavy (non-hydrogen) atoms. The normalized spacial score (nSPS) is 9.91. The number of carbonyl (C=O) groups excluding carboxylic acids is 2. The molecule has 0 aliphatic rings. The van der Waals surface area contributed by atoms with Crippen LogP contribution in [-0.2, 0) is 4.74 Å². The Morgan fingerprint density at radius 1 is 0.864 bits per heavy atom. The van der Waals surface area contributed by atoms with E-state index in [9.17, 15) is 9.59 Å². The first-order valence-electron chi connectivity index (χ1n) is 6.62. The average Bonchev–Trinajstić information content (AvgIpc) is 2.59. The Balaban J connectivity index is 1.96. The second kappa shape index (κ2) is 7.26. The monoisotopic (exact) mass is 300 g/mol. The van der Waals surface area contributed by atoms with Gasteiger partial charge in [-0.05, 0) is 42.5 Å². The lowest BCUT2D eigenvalue weighted by molar-refractivity contribution is 0.0474. The number of Topliss-reactive ketones (excluding diaryl/α,β-unsaturated/α-hetero) is 1. The number of rotatable bonds is 6. The zero-order valence-electron chi connectivity index (χ0n) is 12.4. The van der Waals surface area contributed by atoms with Crippen LogP contribution in [0, 0.1) is 0 Å². The number of carbonyl (C=O) groups is 2. The van der Waals surface area contributed by atoms with E-state index in [1.165, 1.54) is 7.11 Å². The van der Waals surface area contributed by atoms with Crippen molar-refractivity contribution in [2.45, 2.75) is 0 Å². The van der Waals surface area contributed by atoms with Crippen LogP contribution in [-0.4, -0.2) is 32.6 Å². The van der Waals surface area contributed by atoms with Gasteiger partial charge >= 0.3 is 5.97 Å². The van der Waals surface area contributed by atoms with E-state index < -0.39 is 5.97 Å². The van der Waals surface area contributed by atoms with Crippen molar-refractivity contribution in [1.29, 1.82) is 0 Å². The second-order valence-corrected chi connectivity index (χ2v) is 4.46. The van der Waals surface area contributed by atoms with Crippen molar-refractivity contribution in [3.8, 4) is 11.5 Å². The van der Waals surface area contributed by atoms with Crippen LogP contribution in [0.4, 0.5) is 0 Å². The maximum Gasteiger partial charge on any atom is 0.338 e. The summed E-state index contributed by atoms with van der Waals surface area (Å²) in [5.41, 5.74) is 0.793. The topological polar surface area (TPSA) is 61.8 Å². The number of hydrogen-bond acceptors (Lipinski definition) is 5. The fourth-order valence-corrected chi connectivity index (χ4v) is 1.82. The molecule has 5 nitrogen and oxygen atoms in total. The van der Waals surface area contributed by atoms with Crippen molar-refractivity contribution >= 4 is 11.8 Å². The first-order valence-corrected chi connectivity index (χ1v) is 6.62. The molecule has 0 saturated carbocycles. The molecule has 0 radical (unpaired) electrons. The third-order valence-electron chi connectivity index (χ3n) is 3.05. The molecule has 2 aromatic rings. The molecule has 2 rings (SSSR count). The molecule has 0 atom stereocenters. The van der Waals surface area contributed by atoms with Crippen LogP contribution in [0.2, 0.25) is 0 Å². The van der Waals surface area contributed by atoms with Gasteiger partial charge in [-0.1, -0.05) is 6.07 Å². The Hall–Kier alpha value is -2.82. The molecule has 0 spiro atoms. The minimum Gasteiger partial charge on any atom is -0.497 e. The highest BCUT2D eigenvalue weighted by molar-refractivity contribution is 5.99. The van der Waals surface area contributed by atoms with Crippen molar-refractivity contribution in [2.24, 2.45) is 0 Å². The van der Waals surface area contributed by atoms with Gasteiger partial charge in [0.15, 0.2) is 12.4 Å². The number of hydrogen-bond donors (Lipinski definition) is 0. The zero-order chi connectivity index (χ0) is 15.9. The van der Waals surface area contributed by atoms with Gasteiger partial charge in [0, 0.05) is 5.56 Å². The van der Waals surface area contributed by atoms with Crippen LogP contribution >= 0.6 is 0 Å². The Morgan fingerprint density at radius 2 is 1.55 bits per heavy atom. The SMILES string of the molecule is COc1ccc(C(=O)COC(=O)c2cccc(OC)c2)cc1. The van der Waals surface area contributed by atoms with Crippen LogP contribution in [0.3, 0.4) is 0 Å². The van der Waals surface area contributed by atoms with Crippen molar-refractivity contribution in [3.63, 3.8) is 0 Å². The van der Waals surface area contributed by atoms with E-state index in [1.54, 1.807) is 55.6 Å². The van der Waals surface area contributed by atoms with Crippen molar-refractivity contribution in [3.05, 3.63) is 59.7 Å². The summed E-state index contributed by atoms with van der Waals surface area (Å²) in [5, 5.41) is 0. The van der Waals surface area contributed by atoms with E-state index in [-0.39, 0.29) is 12.4 Å². The lowest BCUT2D eigenvalue weighted by Gasteiger charge is -2.06. The van der Waals surface area contributed by atoms with Crippen LogP contribution in [0.15, 0.2) is 48.5 Å². The van der Waals surface area contributed by atoms with E-state index in [0.717, 1.165) is 0 Å². The van der Waals surface area contributed by atoms with E-state index in [0.29, 0.717) is 22.6 Å². The highest BCUT2D eigenvalue weighted by Crippen LogP contribution is 2.14. The highest BCUT2D eigenvalue weighted by Gasteiger charge is 2.12. The molecular weight excluding hydrogens is 284 g/mol. The standard InChI is InChI=1S/C17H16O5/c1-20-14-8-6-12(7-9-14)16(18)11-22-17(19)13-4-3-5-15(10-13)21-2/h3-10H,11H2,1-2H3. The molecule has 0 saturated heterocycles. The Morgan fingerprint density at radius 3 is 2.18 bits per heavy atom. The number of ether oxygens (including phenoxy) is 3. The third-order valence-corrected chi connectivity index (χ3v) is 3.05. The van der Waals surface area contributed by atoms with E-state index in [4.69, 9.17) is 14.2 Å². The molecule has 0 aliphatic carbocycles. The summed E-state index contributed by atoms with van der Waals surface area (Å²) in [7, 11) is 3.06. The van der Waals surface area contributed by atoms with Crippen LogP contribution < -0.4 is 9.47 Å². The summed E-state index contributed by atoms with van der Waals surface area (Å²) in [6.07, 6.45) is 0. The lowest BCUT2D eigenvalue weighted by Crippen LogP contribution is -2.14. The van der Waals surface area contributed by atoms with E-state index in [1.807, 2.05) is 0 Å². The molecule has 0 aliphatic heterocycles. The number of ketones is 1. The number of esters is 1. The Bertz CT molecular complexity index is 661. The van der Waals surface area contributed by atoms with Gasteiger partial charge in [-0.3, -0.25) is 4.79 Å². The minimum absolute atomic E-state index is 0.279. The largest absolute Gasteiger partial charge is 0.497 e. The minimum atomic E-state index is -0.569. The number of methoxy groups -OCH3 is 2. The fraction of sp³-hybridized carbons (Fsp3) is 0.176. The van der Waals surface area contributed by atoms with Crippen molar-refractivity contribution in [2.75, 3.05) is 20.8 Å². The zero-order valence-corrected chi connectivity index (χ0v) is 12.4. The van der Waals surface area contributed by atoms with Crippen LogP contribution in [0.1, 0.15) is 20.7 Å². The second-order valence-electron chi connectivity index (χ2n) is 4.46. The van der Waals surface area contributed by atoms with Crippen LogP contribution in [0.5, 0.6) is 11.5 Å². The van der Waals surface area contributed by atoms with Gasteiger partial charge in [0.1, 0.15) is 11.5 Å². The quantitative estimate of drug-likeness (QED) is 0.606. The third kappa shape index (κ3) is 3.85. The molecule has 0 unspecified atom stereocenters. The van der Waals surface area contributed by atoms with Crippen LogP contribution in [0.25, 0.3) is 0 Å². The maximum atomic E-state index is 12.0. The summed E-state index contributed by atoms with van der Waals surface area (Å²) in [4.78, 5) is 23.9. The van der Waals surface area contributed by atoms with Gasteiger partial charge in [-0.2, -0.15) is 0 Å². The maximum absolute atomic E-state index is 12.0. The molecule has 0 bridgehead atoms. The predicted octanol–water partition coefficient (Wildman–Crippen LogP) is 2.74. The van der Waals surface area contributed by atoms with Crippen molar-refractivity contribution in [1.82, 2.24) is 0 Å². The van der Waals surface area contributed by atoms with Gasteiger partial charge in [0.05, 0.1) is 19.8 Å². The highest BCUT2D eigenvalue weighted by atomic mass is 16.5. The lowest BCUT2D eigenvalue weighted by atomic mass is 10.1. The molecule has 0 fully saturated rings. The molecule has 0 heterocycles. The molecule has 0 N–H and O–H groups in total. The molecule has 5 heteroatoms. The summed E-state index contributed by atoms with van der Waals surface area (Å²) in [5.74, 6) is 0.362. The fourth-order valence-electron chi connectivity index (χ4n) is 1.82. The molecular formula is C17H16O5. The van der Waals surface area contributed by atoms with Gasteiger partial charge in [-0.15, -0.1) is 0 Å². The summed E-state index contributed by atoms with van der Waals surface area (Å²) in [6, 6.07) is 13.2. The smallest absolute Gasteiger partial charge is 0.338 e. The van der Waals surface area contributed by atoms with E-state index in [2.05, 4.69) is 0 Å². The van der Waals surface area contributed by atoms with Gasteiger partial charge in [0.2, 0.25) is 0 Å². The molecule has 114 valence electrons. The molecule has 0 aromatic heterocycles. The number of benzene rings is 2. The Kier molecular flexibility index (Phi) is 5.14. The van der Waals surface area contributed by atoms with E-state index >= 15 is 0 Å². The average molecular weight is 300 g/mol. The first kappa shape index (κ1) is 15.6. The first-order chi connectivity index (χ1) is 10.6. The summed E-state index contributed by atoms with van der Waals surface area (Å²) >= 11 is 0. The summed E-state index contributed by atoms with van der Waals surface area (Å²) < 4.78 is 15.1. The summed E-state index contributed by atoms with van der Waals surface area (Å²) in [6.45, 7) is -0.317. The molecule has 2 aromatic carbocycles. The van der Waals surface area contributed by atoms with Crippen molar-refractivity contribution < 1.29 is 23.8 Å².